The number of likely N-dealkylation sites (tertiary alicyclic amines) is 1. The van der Waals surface area contributed by atoms with E-state index in [1.165, 1.54) is 0 Å². The summed E-state index contributed by atoms with van der Waals surface area (Å²) in [5.41, 5.74) is 0. The molecular weight excluding hydrogens is 160 g/mol. The Balaban J connectivity index is 1.82. The molecule has 70 valence electrons. The van der Waals surface area contributed by atoms with Gasteiger partial charge in [-0.05, 0) is 5.92 Å². The molecule has 1 aliphatic heterocycles. The van der Waals surface area contributed by atoms with Crippen molar-refractivity contribution in [2.24, 2.45) is 17.8 Å². The number of hydrogen-bond donors (Lipinski definition) is 0. The maximum Gasteiger partial charge on any atom is 0.257 e. The second kappa shape index (κ2) is 2.41. The second-order valence-electron chi connectivity index (χ2n) is 4.50. The van der Waals surface area contributed by atoms with Gasteiger partial charge in [-0.15, -0.1) is 0 Å². The molecule has 0 N–H and O–H groups in total. The van der Waals surface area contributed by atoms with Crippen LogP contribution in [0.2, 0.25) is 0 Å². The van der Waals surface area contributed by atoms with E-state index in [2.05, 4.69) is 18.7 Å². The van der Waals surface area contributed by atoms with Crippen molar-refractivity contribution < 1.29 is 8.78 Å². The van der Waals surface area contributed by atoms with Gasteiger partial charge in [-0.1, -0.05) is 13.8 Å². The summed E-state index contributed by atoms with van der Waals surface area (Å²) in [6.07, 6.45) is 0. The molecule has 2 rings (SSSR count). The summed E-state index contributed by atoms with van der Waals surface area (Å²) >= 11 is 0. The van der Waals surface area contributed by atoms with Gasteiger partial charge >= 0.3 is 0 Å². The van der Waals surface area contributed by atoms with Crippen molar-refractivity contribution in [3.8, 4) is 0 Å². The maximum atomic E-state index is 12.7. The van der Waals surface area contributed by atoms with Crippen LogP contribution in [0.3, 0.4) is 0 Å². The van der Waals surface area contributed by atoms with Gasteiger partial charge < -0.3 is 4.90 Å². The van der Waals surface area contributed by atoms with Gasteiger partial charge in [0.2, 0.25) is 0 Å². The zero-order chi connectivity index (χ0) is 8.93. The van der Waals surface area contributed by atoms with Crippen LogP contribution in [0, 0.1) is 17.8 Å². The van der Waals surface area contributed by atoms with Crippen LogP contribution in [0.15, 0.2) is 0 Å². The van der Waals surface area contributed by atoms with E-state index in [1.54, 1.807) is 0 Å². The summed E-state index contributed by atoms with van der Waals surface area (Å²) in [4.78, 5) is 2.16. The van der Waals surface area contributed by atoms with E-state index in [0.29, 0.717) is 19.0 Å². The predicted molar refractivity (Wildman–Crippen MR) is 43.2 cm³/mol. The lowest BCUT2D eigenvalue weighted by Crippen LogP contribution is -2.30. The first-order chi connectivity index (χ1) is 5.51. The monoisotopic (exact) mass is 175 g/mol. The van der Waals surface area contributed by atoms with Crippen LogP contribution in [0.1, 0.15) is 13.8 Å². The lowest BCUT2D eigenvalue weighted by Gasteiger charge is -2.20. The van der Waals surface area contributed by atoms with Gasteiger partial charge in [0.05, 0.1) is 0 Å². The Morgan fingerprint density at radius 3 is 2.25 bits per heavy atom. The number of hydrogen-bond acceptors (Lipinski definition) is 1. The van der Waals surface area contributed by atoms with Crippen molar-refractivity contribution in [3.05, 3.63) is 0 Å². The van der Waals surface area contributed by atoms with E-state index < -0.39 is 5.92 Å². The average Bonchev–Trinajstić information content (AvgIpc) is 2.38. The minimum Gasteiger partial charge on any atom is -0.302 e. The average molecular weight is 175 g/mol. The quantitative estimate of drug-likeness (QED) is 0.619. The number of fused-ring (bicyclic) bond motifs is 1. The van der Waals surface area contributed by atoms with Crippen LogP contribution in [-0.4, -0.2) is 30.5 Å². The third kappa shape index (κ3) is 1.15. The van der Waals surface area contributed by atoms with Gasteiger partial charge in [-0.3, -0.25) is 0 Å². The Morgan fingerprint density at radius 1 is 1.33 bits per heavy atom. The van der Waals surface area contributed by atoms with Gasteiger partial charge in [0.1, 0.15) is 0 Å². The molecule has 0 bridgehead atoms. The highest BCUT2D eigenvalue weighted by atomic mass is 19.3. The van der Waals surface area contributed by atoms with Crippen LogP contribution < -0.4 is 0 Å². The zero-order valence-corrected chi connectivity index (χ0v) is 7.56. The fraction of sp³-hybridized carbons (Fsp3) is 1.00. The lowest BCUT2D eigenvalue weighted by atomic mass is 10.2. The van der Waals surface area contributed by atoms with Gasteiger partial charge in [-0.25, -0.2) is 8.78 Å². The van der Waals surface area contributed by atoms with Crippen molar-refractivity contribution in [3.63, 3.8) is 0 Å². The topological polar surface area (TPSA) is 3.24 Å². The minimum absolute atomic E-state index is 0.309. The Hall–Kier alpha value is -0.180. The molecule has 0 aromatic rings. The molecule has 1 aliphatic carbocycles. The highest BCUT2D eigenvalue weighted by Crippen LogP contribution is 2.59. The van der Waals surface area contributed by atoms with Crippen molar-refractivity contribution >= 4 is 0 Å². The standard InChI is InChI=1S/C9H15F2N/c1-6(2)3-12-4-7-8(5-12)9(7,10)11/h6-8H,3-5H2,1-2H3. The fourth-order valence-corrected chi connectivity index (χ4v) is 2.25. The van der Waals surface area contributed by atoms with Gasteiger partial charge in [0, 0.05) is 31.5 Å². The molecule has 1 saturated carbocycles. The van der Waals surface area contributed by atoms with Crippen molar-refractivity contribution in [1.29, 1.82) is 0 Å². The van der Waals surface area contributed by atoms with Gasteiger partial charge in [0.25, 0.3) is 5.92 Å². The van der Waals surface area contributed by atoms with Crippen molar-refractivity contribution in [1.82, 2.24) is 4.90 Å². The molecule has 0 radical (unpaired) electrons. The first-order valence-electron chi connectivity index (χ1n) is 4.62. The summed E-state index contributed by atoms with van der Waals surface area (Å²) < 4.78 is 25.5. The third-order valence-corrected chi connectivity index (χ3v) is 2.90. The lowest BCUT2D eigenvalue weighted by molar-refractivity contribution is 0.0512. The predicted octanol–water partition coefficient (Wildman–Crippen LogP) is 1.84. The van der Waals surface area contributed by atoms with E-state index in [9.17, 15) is 8.78 Å². The fourth-order valence-electron chi connectivity index (χ4n) is 2.25. The number of halogens is 2. The Labute approximate surface area is 71.7 Å². The molecular formula is C9H15F2N. The van der Waals surface area contributed by atoms with Crippen molar-refractivity contribution in [2.75, 3.05) is 19.6 Å². The SMILES string of the molecule is CC(C)CN1CC2C(C1)C2(F)F. The molecule has 3 heteroatoms. The molecule has 0 amide bonds. The molecule has 0 spiro atoms. The zero-order valence-electron chi connectivity index (χ0n) is 7.56. The van der Waals surface area contributed by atoms with Crippen molar-refractivity contribution in [2.45, 2.75) is 19.8 Å². The van der Waals surface area contributed by atoms with Crippen LogP contribution in [0.4, 0.5) is 8.78 Å². The normalized spacial score (nSPS) is 38.8. The summed E-state index contributed by atoms with van der Waals surface area (Å²) in [6.45, 7) is 6.47. The van der Waals surface area contributed by atoms with E-state index in [1.807, 2.05) is 0 Å². The molecule has 2 aliphatic rings. The van der Waals surface area contributed by atoms with Crippen LogP contribution in [-0.2, 0) is 0 Å². The summed E-state index contributed by atoms with van der Waals surface area (Å²) in [6, 6.07) is 0. The Bertz CT molecular complexity index is 177. The molecule has 2 unspecified atom stereocenters. The summed E-state index contributed by atoms with van der Waals surface area (Å²) in [5, 5.41) is 0. The molecule has 0 aromatic carbocycles. The highest BCUT2D eigenvalue weighted by molar-refractivity contribution is 5.12. The Kier molecular flexibility index (Phi) is 1.69. The number of nitrogens with zero attached hydrogens (tertiary/aromatic N) is 1. The van der Waals surface area contributed by atoms with E-state index in [-0.39, 0.29) is 11.8 Å². The first kappa shape index (κ1) is 8.42. The summed E-state index contributed by atoms with van der Waals surface area (Å²) in [5.74, 6) is -2.34. The molecule has 1 saturated heterocycles. The smallest absolute Gasteiger partial charge is 0.257 e. The van der Waals surface area contributed by atoms with E-state index >= 15 is 0 Å². The van der Waals surface area contributed by atoms with Crippen LogP contribution in [0.25, 0.3) is 0 Å². The van der Waals surface area contributed by atoms with E-state index in [4.69, 9.17) is 0 Å². The number of alkyl halides is 2. The summed E-state index contributed by atoms with van der Waals surface area (Å²) in [7, 11) is 0. The maximum absolute atomic E-state index is 12.7. The first-order valence-corrected chi connectivity index (χ1v) is 4.62. The molecule has 2 atom stereocenters. The molecule has 1 nitrogen and oxygen atoms in total. The number of rotatable bonds is 2. The molecule has 1 heterocycles. The van der Waals surface area contributed by atoms with Gasteiger partial charge in [0.15, 0.2) is 0 Å². The number of piperidine rings is 1. The molecule has 0 aromatic heterocycles. The minimum atomic E-state index is -2.31. The molecule has 12 heavy (non-hydrogen) atoms. The van der Waals surface area contributed by atoms with Gasteiger partial charge in [-0.2, -0.15) is 0 Å². The Morgan fingerprint density at radius 2 is 1.83 bits per heavy atom. The van der Waals surface area contributed by atoms with Crippen LogP contribution in [0.5, 0.6) is 0 Å². The van der Waals surface area contributed by atoms with E-state index in [0.717, 1.165) is 6.54 Å². The third-order valence-electron chi connectivity index (χ3n) is 2.90. The second-order valence-corrected chi connectivity index (χ2v) is 4.50. The largest absolute Gasteiger partial charge is 0.302 e. The molecule has 2 fully saturated rings. The van der Waals surface area contributed by atoms with Crippen LogP contribution >= 0.6 is 0 Å². The highest BCUT2D eigenvalue weighted by Gasteiger charge is 2.71.